The predicted molar refractivity (Wildman–Crippen MR) is 106 cm³/mol. The Morgan fingerprint density at radius 2 is 1.75 bits per heavy atom. The molecular weight excluding hydrogens is 364 g/mol. The molecule has 1 aromatic carbocycles. The second-order valence-corrected chi connectivity index (χ2v) is 7.09. The van der Waals surface area contributed by atoms with Gasteiger partial charge in [0, 0.05) is 31.4 Å². The van der Waals surface area contributed by atoms with Crippen LogP contribution >= 0.6 is 0 Å². The summed E-state index contributed by atoms with van der Waals surface area (Å²) in [4.78, 5) is 26.6. The molecule has 9 heteroatoms. The van der Waals surface area contributed by atoms with Crippen molar-refractivity contribution in [2.75, 3.05) is 19.0 Å². The average molecular weight is 394 g/mol. The SMILES string of the molecule is CN(CCCCCCCCCCCC(=O)O)N1Nc2cccc([N+](=O)[O-])c2O1. The van der Waals surface area contributed by atoms with Crippen molar-refractivity contribution in [2.24, 2.45) is 0 Å². The van der Waals surface area contributed by atoms with E-state index in [0.717, 1.165) is 38.6 Å². The smallest absolute Gasteiger partial charge is 0.315 e. The summed E-state index contributed by atoms with van der Waals surface area (Å²) in [7, 11) is 1.88. The van der Waals surface area contributed by atoms with Crippen molar-refractivity contribution in [3.05, 3.63) is 28.3 Å². The van der Waals surface area contributed by atoms with E-state index in [1.807, 2.05) is 12.1 Å². The Labute approximate surface area is 165 Å². The number of rotatable bonds is 14. The number of hydrogen-bond acceptors (Lipinski definition) is 7. The quantitative estimate of drug-likeness (QED) is 0.272. The van der Waals surface area contributed by atoms with Crippen molar-refractivity contribution in [2.45, 2.75) is 64.2 Å². The first-order valence-electron chi connectivity index (χ1n) is 9.94. The van der Waals surface area contributed by atoms with Gasteiger partial charge in [0.2, 0.25) is 0 Å². The van der Waals surface area contributed by atoms with E-state index < -0.39 is 10.9 Å². The van der Waals surface area contributed by atoms with E-state index in [9.17, 15) is 14.9 Å². The maximum Gasteiger partial charge on any atom is 0.315 e. The van der Waals surface area contributed by atoms with Crippen molar-refractivity contribution >= 4 is 17.3 Å². The molecule has 0 unspecified atom stereocenters. The molecule has 0 saturated carbocycles. The minimum absolute atomic E-state index is 0.0520. The highest BCUT2D eigenvalue weighted by Crippen LogP contribution is 2.39. The van der Waals surface area contributed by atoms with Gasteiger partial charge in [-0.25, -0.2) is 0 Å². The Morgan fingerprint density at radius 1 is 1.14 bits per heavy atom. The lowest BCUT2D eigenvalue weighted by Crippen LogP contribution is -2.43. The van der Waals surface area contributed by atoms with Crippen molar-refractivity contribution in [3.8, 4) is 5.75 Å². The summed E-state index contributed by atoms with van der Waals surface area (Å²) in [6, 6.07) is 4.80. The maximum absolute atomic E-state index is 11.1. The molecule has 0 spiro atoms. The Balaban J connectivity index is 1.53. The number of nitrogens with zero attached hydrogens (tertiary/aromatic N) is 3. The van der Waals surface area contributed by atoms with Gasteiger partial charge in [-0.3, -0.25) is 20.3 Å². The van der Waals surface area contributed by atoms with Crippen LogP contribution in [0.15, 0.2) is 18.2 Å². The fourth-order valence-corrected chi connectivity index (χ4v) is 3.17. The van der Waals surface area contributed by atoms with Gasteiger partial charge < -0.3 is 9.94 Å². The van der Waals surface area contributed by atoms with Crippen LogP contribution in [-0.4, -0.2) is 39.9 Å². The van der Waals surface area contributed by atoms with Crippen LogP contribution in [0, 0.1) is 10.1 Å². The molecule has 1 aliphatic rings. The van der Waals surface area contributed by atoms with Gasteiger partial charge in [0.05, 0.1) is 4.92 Å². The molecule has 28 heavy (non-hydrogen) atoms. The lowest BCUT2D eigenvalue weighted by atomic mass is 10.1. The summed E-state index contributed by atoms with van der Waals surface area (Å²) >= 11 is 0. The van der Waals surface area contributed by atoms with Crippen molar-refractivity contribution in [3.63, 3.8) is 0 Å². The zero-order chi connectivity index (χ0) is 20.4. The van der Waals surface area contributed by atoms with Gasteiger partial charge in [0.25, 0.3) is 5.75 Å². The molecule has 0 aromatic heterocycles. The van der Waals surface area contributed by atoms with Gasteiger partial charge in [-0.05, 0) is 18.9 Å². The van der Waals surface area contributed by atoms with E-state index in [-0.39, 0.29) is 17.9 Å². The van der Waals surface area contributed by atoms with Crippen LogP contribution in [0.1, 0.15) is 64.2 Å². The summed E-state index contributed by atoms with van der Waals surface area (Å²) in [5.74, 6) is -0.468. The number of benzene rings is 1. The minimum atomic E-state index is -0.707. The van der Waals surface area contributed by atoms with Crippen molar-refractivity contribution in [1.82, 2.24) is 10.3 Å². The van der Waals surface area contributed by atoms with Gasteiger partial charge in [0.15, 0.2) is 0 Å². The van der Waals surface area contributed by atoms with Crippen LogP contribution in [0.5, 0.6) is 5.75 Å². The molecule has 0 radical (unpaired) electrons. The number of nitro groups is 1. The number of anilines is 1. The number of nitro benzene ring substituents is 1. The summed E-state index contributed by atoms with van der Waals surface area (Å²) < 4.78 is 0. The highest BCUT2D eigenvalue weighted by molar-refractivity contribution is 5.67. The van der Waals surface area contributed by atoms with Crippen molar-refractivity contribution in [1.29, 1.82) is 0 Å². The van der Waals surface area contributed by atoms with Crippen LogP contribution in [0.25, 0.3) is 0 Å². The number of carboxylic acids is 1. The normalized spacial score (nSPS) is 13.2. The number of fused-ring (bicyclic) bond motifs is 1. The van der Waals surface area contributed by atoms with E-state index in [4.69, 9.17) is 9.94 Å². The molecule has 0 atom stereocenters. The highest BCUT2D eigenvalue weighted by atomic mass is 16.8. The van der Waals surface area contributed by atoms with E-state index in [1.54, 1.807) is 12.1 Å². The number of hydrogen-bond donors (Lipinski definition) is 2. The fourth-order valence-electron chi connectivity index (χ4n) is 3.17. The van der Waals surface area contributed by atoms with Gasteiger partial charge >= 0.3 is 11.7 Å². The third kappa shape index (κ3) is 6.97. The zero-order valence-electron chi connectivity index (χ0n) is 16.4. The molecule has 2 rings (SSSR count). The Bertz CT molecular complexity index is 655. The number of carboxylic acid groups (broad SMARTS) is 1. The van der Waals surface area contributed by atoms with Crippen LogP contribution < -0.4 is 10.3 Å². The third-order valence-corrected chi connectivity index (χ3v) is 4.77. The lowest BCUT2D eigenvalue weighted by molar-refractivity contribution is -0.387. The minimum Gasteiger partial charge on any atom is -0.481 e. The Morgan fingerprint density at radius 3 is 2.36 bits per heavy atom. The summed E-state index contributed by atoms with van der Waals surface area (Å²) in [6.07, 6.45) is 10.0. The summed E-state index contributed by atoms with van der Waals surface area (Å²) in [5, 5.41) is 23.0. The molecule has 1 aliphatic heterocycles. The molecule has 0 amide bonds. The zero-order valence-corrected chi connectivity index (χ0v) is 16.4. The summed E-state index contributed by atoms with van der Waals surface area (Å²) in [6.45, 7) is 0.782. The molecule has 0 saturated heterocycles. The second-order valence-electron chi connectivity index (χ2n) is 7.09. The van der Waals surface area contributed by atoms with Gasteiger partial charge in [-0.15, -0.1) is 0 Å². The molecule has 156 valence electrons. The number of nitrogens with one attached hydrogen (secondary N) is 1. The lowest BCUT2D eigenvalue weighted by Gasteiger charge is -2.24. The van der Waals surface area contributed by atoms with Crippen LogP contribution in [-0.2, 0) is 4.79 Å². The molecule has 0 bridgehead atoms. The third-order valence-electron chi connectivity index (χ3n) is 4.77. The number of carbonyl (C=O) groups is 1. The highest BCUT2D eigenvalue weighted by Gasteiger charge is 2.30. The van der Waals surface area contributed by atoms with Gasteiger partial charge in [-0.2, -0.15) is 5.01 Å². The molecule has 0 aliphatic carbocycles. The Kier molecular flexibility index (Phi) is 8.96. The largest absolute Gasteiger partial charge is 0.481 e. The van der Waals surface area contributed by atoms with Gasteiger partial charge in [0.1, 0.15) is 5.69 Å². The van der Waals surface area contributed by atoms with Crippen LogP contribution in [0.4, 0.5) is 11.4 Å². The van der Waals surface area contributed by atoms with Crippen LogP contribution in [0.2, 0.25) is 0 Å². The molecule has 9 nitrogen and oxygen atoms in total. The first-order chi connectivity index (χ1) is 13.5. The summed E-state index contributed by atoms with van der Waals surface area (Å²) in [5.41, 5.74) is 3.55. The van der Waals surface area contributed by atoms with Crippen molar-refractivity contribution < 1.29 is 19.7 Å². The van der Waals surface area contributed by atoms with E-state index >= 15 is 0 Å². The monoisotopic (exact) mass is 394 g/mol. The molecule has 1 aromatic rings. The Hall–Kier alpha value is -2.39. The fraction of sp³-hybridized carbons (Fsp3) is 0.632. The number of hydrazine groups is 2. The molecule has 1 heterocycles. The van der Waals surface area contributed by atoms with E-state index in [1.165, 1.54) is 37.0 Å². The van der Waals surface area contributed by atoms with E-state index in [2.05, 4.69) is 5.43 Å². The number of aliphatic carboxylic acids is 1. The molecular formula is C19H30N4O5. The maximum atomic E-state index is 11.1. The molecule has 0 fully saturated rings. The van der Waals surface area contributed by atoms with Gasteiger partial charge in [-0.1, -0.05) is 51.0 Å². The van der Waals surface area contributed by atoms with E-state index in [0.29, 0.717) is 5.69 Å². The second kappa shape index (κ2) is 11.5. The standard InChI is InChI=1S/C19H30N4O5/c1-21(15-10-8-6-4-2-3-5-7-9-14-18(24)25)23-20-16-12-11-13-17(22(26)27)19(16)28-23/h11-13,20H,2-10,14-15H2,1H3,(H,24,25). The topological polar surface area (TPSA) is 108 Å². The first kappa shape index (κ1) is 21.9. The first-order valence-corrected chi connectivity index (χ1v) is 9.94. The van der Waals surface area contributed by atoms with Crippen LogP contribution in [0.3, 0.4) is 0 Å². The average Bonchev–Trinajstić information content (AvgIpc) is 3.09. The number of unbranched alkanes of at least 4 members (excludes halogenated alkanes) is 8. The number of para-hydroxylation sites is 1. The predicted octanol–water partition coefficient (Wildman–Crippen LogP) is 4.36. The molecule has 2 N–H and O–H groups in total.